The molecule has 1 aliphatic heterocycles. The van der Waals surface area contributed by atoms with E-state index < -0.39 is 5.97 Å². The van der Waals surface area contributed by atoms with Crippen LogP contribution in [-0.4, -0.2) is 38.8 Å². The summed E-state index contributed by atoms with van der Waals surface area (Å²) >= 11 is 0. The van der Waals surface area contributed by atoms with Crippen LogP contribution >= 0.6 is 0 Å². The predicted octanol–water partition coefficient (Wildman–Crippen LogP) is 2.52. The molecule has 23 heavy (non-hydrogen) atoms. The Labute approximate surface area is 136 Å². The van der Waals surface area contributed by atoms with E-state index >= 15 is 0 Å². The lowest BCUT2D eigenvalue weighted by molar-refractivity contribution is -0.136. The fourth-order valence-corrected chi connectivity index (χ4v) is 3.17. The van der Waals surface area contributed by atoms with Crippen LogP contribution in [0.1, 0.15) is 36.2 Å². The van der Waals surface area contributed by atoms with Crippen LogP contribution < -0.4 is 0 Å². The maximum atomic E-state index is 10.7. The summed E-state index contributed by atoms with van der Waals surface area (Å²) < 4.78 is 2.03. The molecule has 0 fully saturated rings. The van der Waals surface area contributed by atoms with Gasteiger partial charge in [0.05, 0.1) is 24.4 Å². The summed E-state index contributed by atoms with van der Waals surface area (Å²) in [5.41, 5.74) is 3.45. The molecule has 0 saturated heterocycles. The van der Waals surface area contributed by atoms with Gasteiger partial charge in [-0.15, -0.1) is 0 Å². The third-order valence-corrected chi connectivity index (χ3v) is 4.42. The van der Waals surface area contributed by atoms with E-state index in [4.69, 9.17) is 5.11 Å². The number of aromatic nitrogens is 2. The van der Waals surface area contributed by atoms with Gasteiger partial charge in [0.2, 0.25) is 0 Å². The van der Waals surface area contributed by atoms with Gasteiger partial charge in [0.1, 0.15) is 0 Å². The minimum absolute atomic E-state index is 0.144. The van der Waals surface area contributed by atoms with Crippen molar-refractivity contribution in [3.8, 4) is 0 Å². The number of hydrogen-bond acceptors (Lipinski definition) is 3. The van der Waals surface area contributed by atoms with E-state index in [0.717, 1.165) is 31.9 Å². The van der Waals surface area contributed by atoms with Gasteiger partial charge >= 0.3 is 5.97 Å². The number of carboxylic acid groups (broad SMARTS) is 1. The maximum absolute atomic E-state index is 10.7. The van der Waals surface area contributed by atoms with E-state index in [9.17, 15) is 4.79 Å². The number of fused-ring (bicyclic) bond motifs is 1. The maximum Gasteiger partial charge on any atom is 0.303 e. The molecule has 122 valence electrons. The summed E-state index contributed by atoms with van der Waals surface area (Å²) in [4.78, 5) is 13.1. The Hall–Kier alpha value is -2.14. The molecule has 2 aromatic rings. The Kier molecular flexibility index (Phi) is 4.76. The van der Waals surface area contributed by atoms with Crippen LogP contribution in [0, 0.1) is 0 Å². The van der Waals surface area contributed by atoms with Crippen LogP contribution in [0.3, 0.4) is 0 Å². The van der Waals surface area contributed by atoms with Crippen molar-refractivity contribution in [2.75, 3.05) is 13.1 Å². The summed E-state index contributed by atoms with van der Waals surface area (Å²) in [5, 5.41) is 13.3. The molecule has 2 heterocycles. The van der Waals surface area contributed by atoms with E-state index in [1.54, 1.807) is 0 Å². The van der Waals surface area contributed by atoms with Crippen molar-refractivity contribution in [2.45, 2.75) is 38.8 Å². The minimum Gasteiger partial charge on any atom is -0.481 e. The van der Waals surface area contributed by atoms with Crippen molar-refractivity contribution in [2.24, 2.45) is 0 Å². The Balaban J connectivity index is 1.60. The van der Waals surface area contributed by atoms with Crippen molar-refractivity contribution in [1.82, 2.24) is 14.7 Å². The number of benzene rings is 1. The molecule has 0 spiro atoms. The molecule has 5 heteroatoms. The average molecular weight is 313 g/mol. The van der Waals surface area contributed by atoms with E-state index in [0.29, 0.717) is 12.3 Å². The van der Waals surface area contributed by atoms with Crippen LogP contribution in [0.5, 0.6) is 0 Å². The molecule has 0 radical (unpaired) electrons. The fraction of sp³-hybridized carbons (Fsp3) is 0.444. The van der Waals surface area contributed by atoms with Crippen LogP contribution in [0.15, 0.2) is 36.4 Å². The van der Waals surface area contributed by atoms with Gasteiger partial charge in [-0.2, -0.15) is 5.10 Å². The molecule has 0 aliphatic carbocycles. The highest BCUT2D eigenvalue weighted by Crippen LogP contribution is 2.20. The van der Waals surface area contributed by atoms with Crippen LogP contribution in [-0.2, 0) is 24.3 Å². The third kappa shape index (κ3) is 3.99. The smallest absolute Gasteiger partial charge is 0.303 e. The number of aliphatic carboxylic acids is 1. The van der Waals surface area contributed by atoms with Gasteiger partial charge < -0.3 is 5.11 Å². The van der Waals surface area contributed by atoms with Crippen molar-refractivity contribution >= 4 is 5.97 Å². The summed E-state index contributed by atoms with van der Waals surface area (Å²) in [5.74, 6) is -0.272. The standard InChI is InChI=1S/C18H23N3O2/c1-14(15-5-3-2-4-6-15)12-20-9-10-21-17(13-20)11-16(19-21)7-8-18(22)23/h2-6,11,14H,7-10,12-13H2,1H3,(H,22,23). The largest absolute Gasteiger partial charge is 0.481 e. The molecule has 3 rings (SSSR count). The van der Waals surface area contributed by atoms with E-state index in [2.05, 4.69) is 47.3 Å². The second kappa shape index (κ2) is 6.96. The zero-order chi connectivity index (χ0) is 16.2. The summed E-state index contributed by atoms with van der Waals surface area (Å²) in [6, 6.07) is 12.7. The van der Waals surface area contributed by atoms with Crippen molar-refractivity contribution < 1.29 is 9.90 Å². The number of aryl methyl sites for hydroxylation is 1. The van der Waals surface area contributed by atoms with Gasteiger partial charge in [0.25, 0.3) is 0 Å². The quantitative estimate of drug-likeness (QED) is 0.890. The lowest BCUT2D eigenvalue weighted by Crippen LogP contribution is -2.36. The lowest BCUT2D eigenvalue weighted by Gasteiger charge is -2.30. The number of hydrogen-bond donors (Lipinski definition) is 1. The molecule has 1 N–H and O–H groups in total. The van der Waals surface area contributed by atoms with Crippen LogP contribution in [0.4, 0.5) is 0 Å². The fourth-order valence-electron chi connectivity index (χ4n) is 3.17. The minimum atomic E-state index is -0.769. The van der Waals surface area contributed by atoms with Crippen LogP contribution in [0.2, 0.25) is 0 Å². The molecule has 0 amide bonds. The van der Waals surface area contributed by atoms with E-state index in [-0.39, 0.29) is 6.42 Å². The number of carbonyl (C=O) groups is 1. The van der Waals surface area contributed by atoms with E-state index in [1.165, 1.54) is 11.3 Å². The molecule has 0 saturated carbocycles. The second-order valence-electron chi connectivity index (χ2n) is 6.29. The topological polar surface area (TPSA) is 58.4 Å². The highest BCUT2D eigenvalue weighted by atomic mass is 16.4. The molecule has 1 aliphatic rings. The predicted molar refractivity (Wildman–Crippen MR) is 88.3 cm³/mol. The number of nitrogens with zero attached hydrogens (tertiary/aromatic N) is 3. The highest BCUT2D eigenvalue weighted by molar-refractivity contribution is 5.66. The number of rotatable bonds is 6. The first kappa shape index (κ1) is 15.7. The molecule has 0 bridgehead atoms. The third-order valence-electron chi connectivity index (χ3n) is 4.42. The zero-order valence-electron chi connectivity index (χ0n) is 13.5. The first-order valence-electron chi connectivity index (χ1n) is 8.16. The van der Waals surface area contributed by atoms with Gasteiger partial charge in [0.15, 0.2) is 0 Å². The Bertz CT molecular complexity index is 666. The molecule has 1 aromatic heterocycles. The Morgan fingerprint density at radius 3 is 2.83 bits per heavy atom. The second-order valence-corrected chi connectivity index (χ2v) is 6.29. The first-order valence-corrected chi connectivity index (χ1v) is 8.16. The Morgan fingerprint density at radius 2 is 2.09 bits per heavy atom. The molecular formula is C18H23N3O2. The Morgan fingerprint density at radius 1 is 1.30 bits per heavy atom. The molecule has 1 atom stereocenters. The van der Waals surface area contributed by atoms with Crippen LogP contribution in [0.25, 0.3) is 0 Å². The monoisotopic (exact) mass is 313 g/mol. The SMILES string of the molecule is CC(CN1CCn2nc(CCC(=O)O)cc2C1)c1ccccc1. The summed E-state index contributed by atoms with van der Waals surface area (Å²) in [7, 11) is 0. The first-order chi connectivity index (χ1) is 11.1. The van der Waals surface area contributed by atoms with Crippen molar-refractivity contribution in [3.63, 3.8) is 0 Å². The summed E-state index contributed by atoms with van der Waals surface area (Å²) in [6.45, 7) is 6.05. The lowest BCUT2D eigenvalue weighted by atomic mass is 10.0. The zero-order valence-corrected chi connectivity index (χ0v) is 13.5. The molecule has 1 aromatic carbocycles. The highest BCUT2D eigenvalue weighted by Gasteiger charge is 2.20. The van der Waals surface area contributed by atoms with Gasteiger partial charge in [0, 0.05) is 26.1 Å². The van der Waals surface area contributed by atoms with Gasteiger partial charge in [-0.25, -0.2) is 0 Å². The van der Waals surface area contributed by atoms with E-state index in [1.807, 2.05) is 10.7 Å². The molecule has 5 nitrogen and oxygen atoms in total. The summed E-state index contributed by atoms with van der Waals surface area (Å²) in [6.07, 6.45) is 0.654. The van der Waals surface area contributed by atoms with Gasteiger partial charge in [-0.1, -0.05) is 37.3 Å². The van der Waals surface area contributed by atoms with Crippen molar-refractivity contribution in [1.29, 1.82) is 0 Å². The molecular weight excluding hydrogens is 290 g/mol. The average Bonchev–Trinajstić information content (AvgIpc) is 2.96. The van der Waals surface area contributed by atoms with Crippen molar-refractivity contribution in [3.05, 3.63) is 53.3 Å². The normalized spacial score (nSPS) is 16.0. The number of carboxylic acids is 1. The van der Waals surface area contributed by atoms with Gasteiger partial charge in [-0.05, 0) is 17.5 Å². The van der Waals surface area contributed by atoms with Gasteiger partial charge in [-0.3, -0.25) is 14.4 Å². The molecule has 1 unspecified atom stereocenters.